The number of aliphatic hydroxyl groups is 1. The van der Waals surface area contributed by atoms with Crippen molar-refractivity contribution < 1.29 is 14.9 Å². The SMILES string of the molecule is CCc1cc(CO)c(O)cc1OC. The normalized spacial score (nSPS) is 10.1. The van der Waals surface area contributed by atoms with Gasteiger partial charge in [0.25, 0.3) is 0 Å². The zero-order valence-electron chi connectivity index (χ0n) is 7.87. The van der Waals surface area contributed by atoms with E-state index in [0.717, 1.165) is 12.0 Å². The summed E-state index contributed by atoms with van der Waals surface area (Å²) in [6, 6.07) is 3.29. The number of aryl methyl sites for hydroxylation is 1. The molecule has 0 saturated heterocycles. The molecule has 3 heteroatoms. The van der Waals surface area contributed by atoms with E-state index in [2.05, 4.69) is 0 Å². The first-order chi connectivity index (χ1) is 6.22. The van der Waals surface area contributed by atoms with E-state index in [9.17, 15) is 5.11 Å². The Morgan fingerprint density at radius 3 is 2.46 bits per heavy atom. The third-order valence-electron chi connectivity index (χ3n) is 2.03. The Morgan fingerprint density at radius 2 is 2.00 bits per heavy atom. The van der Waals surface area contributed by atoms with E-state index in [1.807, 2.05) is 6.92 Å². The molecule has 13 heavy (non-hydrogen) atoms. The van der Waals surface area contributed by atoms with Crippen LogP contribution in [0.2, 0.25) is 0 Å². The maximum absolute atomic E-state index is 9.40. The molecule has 0 aromatic heterocycles. The van der Waals surface area contributed by atoms with Crippen LogP contribution in [0.25, 0.3) is 0 Å². The predicted octanol–water partition coefficient (Wildman–Crippen LogP) is 1.46. The monoisotopic (exact) mass is 182 g/mol. The second kappa shape index (κ2) is 4.14. The maximum atomic E-state index is 9.40. The van der Waals surface area contributed by atoms with Gasteiger partial charge in [0.15, 0.2) is 0 Å². The highest BCUT2D eigenvalue weighted by Gasteiger charge is 2.07. The Kier molecular flexibility index (Phi) is 3.14. The molecular weight excluding hydrogens is 168 g/mol. The minimum atomic E-state index is -0.150. The highest BCUT2D eigenvalue weighted by Crippen LogP contribution is 2.28. The smallest absolute Gasteiger partial charge is 0.125 e. The Labute approximate surface area is 77.6 Å². The quantitative estimate of drug-likeness (QED) is 0.744. The van der Waals surface area contributed by atoms with E-state index in [0.29, 0.717) is 11.3 Å². The highest BCUT2D eigenvalue weighted by molar-refractivity contribution is 5.45. The molecule has 0 unspecified atom stereocenters. The van der Waals surface area contributed by atoms with Gasteiger partial charge in [-0.15, -0.1) is 0 Å². The summed E-state index contributed by atoms with van der Waals surface area (Å²) in [4.78, 5) is 0. The van der Waals surface area contributed by atoms with E-state index in [1.165, 1.54) is 6.07 Å². The summed E-state index contributed by atoms with van der Waals surface area (Å²) in [6.45, 7) is 1.85. The van der Waals surface area contributed by atoms with Crippen LogP contribution in [0.3, 0.4) is 0 Å². The third kappa shape index (κ3) is 1.92. The minimum Gasteiger partial charge on any atom is -0.507 e. The standard InChI is InChI=1S/C10H14O3/c1-3-7-4-8(6-11)9(12)5-10(7)13-2/h4-5,11-12H,3,6H2,1-2H3. The van der Waals surface area contributed by atoms with Gasteiger partial charge < -0.3 is 14.9 Å². The molecular formula is C10H14O3. The second-order valence-corrected chi connectivity index (χ2v) is 2.80. The van der Waals surface area contributed by atoms with Crippen LogP contribution in [0.15, 0.2) is 12.1 Å². The number of aromatic hydroxyl groups is 1. The summed E-state index contributed by atoms with van der Waals surface area (Å²) in [7, 11) is 1.56. The van der Waals surface area contributed by atoms with Crippen LogP contribution in [0.5, 0.6) is 11.5 Å². The van der Waals surface area contributed by atoms with Crippen molar-refractivity contribution in [3.8, 4) is 11.5 Å². The van der Waals surface area contributed by atoms with E-state index < -0.39 is 0 Å². The van der Waals surface area contributed by atoms with Crippen molar-refractivity contribution >= 4 is 0 Å². The fourth-order valence-electron chi connectivity index (χ4n) is 1.26. The zero-order chi connectivity index (χ0) is 9.84. The molecule has 2 N–H and O–H groups in total. The number of methoxy groups -OCH3 is 1. The lowest BCUT2D eigenvalue weighted by Crippen LogP contribution is -1.93. The molecule has 0 spiro atoms. The van der Waals surface area contributed by atoms with Crippen molar-refractivity contribution in [2.24, 2.45) is 0 Å². The fourth-order valence-corrected chi connectivity index (χ4v) is 1.26. The number of aliphatic hydroxyl groups excluding tert-OH is 1. The summed E-state index contributed by atoms with van der Waals surface area (Å²) in [5.74, 6) is 0.744. The summed E-state index contributed by atoms with van der Waals surface area (Å²) < 4.78 is 5.07. The number of phenols is 1. The molecule has 72 valence electrons. The molecule has 0 heterocycles. The topological polar surface area (TPSA) is 49.7 Å². The van der Waals surface area contributed by atoms with Gasteiger partial charge in [0.1, 0.15) is 11.5 Å². The number of hydrogen-bond acceptors (Lipinski definition) is 3. The average molecular weight is 182 g/mol. The van der Waals surface area contributed by atoms with Gasteiger partial charge in [0.05, 0.1) is 13.7 Å². The summed E-state index contributed by atoms with van der Waals surface area (Å²) >= 11 is 0. The molecule has 1 aromatic carbocycles. The molecule has 0 aliphatic heterocycles. The second-order valence-electron chi connectivity index (χ2n) is 2.80. The van der Waals surface area contributed by atoms with Gasteiger partial charge in [-0.2, -0.15) is 0 Å². The zero-order valence-corrected chi connectivity index (χ0v) is 7.87. The molecule has 0 fully saturated rings. The van der Waals surface area contributed by atoms with Crippen molar-refractivity contribution in [2.75, 3.05) is 7.11 Å². The van der Waals surface area contributed by atoms with Crippen molar-refractivity contribution in [1.29, 1.82) is 0 Å². The average Bonchev–Trinajstić information content (AvgIpc) is 2.17. The first-order valence-corrected chi connectivity index (χ1v) is 4.22. The van der Waals surface area contributed by atoms with Gasteiger partial charge in [-0.1, -0.05) is 6.92 Å². The third-order valence-corrected chi connectivity index (χ3v) is 2.03. The maximum Gasteiger partial charge on any atom is 0.125 e. The first-order valence-electron chi connectivity index (χ1n) is 4.22. The minimum absolute atomic E-state index is 0.0801. The van der Waals surface area contributed by atoms with E-state index in [-0.39, 0.29) is 12.4 Å². The Hall–Kier alpha value is -1.22. The van der Waals surface area contributed by atoms with Crippen molar-refractivity contribution in [3.05, 3.63) is 23.3 Å². The Morgan fingerprint density at radius 1 is 1.31 bits per heavy atom. The molecule has 0 atom stereocenters. The van der Waals surface area contributed by atoms with Gasteiger partial charge in [0, 0.05) is 11.6 Å². The van der Waals surface area contributed by atoms with Crippen molar-refractivity contribution in [1.82, 2.24) is 0 Å². The van der Waals surface area contributed by atoms with Gasteiger partial charge in [-0.25, -0.2) is 0 Å². The molecule has 0 bridgehead atoms. The van der Waals surface area contributed by atoms with Gasteiger partial charge in [-0.05, 0) is 18.1 Å². The van der Waals surface area contributed by atoms with Crippen LogP contribution in [0.4, 0.5) is 0 Å². The molecule has 1 aromatic rings. The Bertz CT molecular complexity index is 294. The predicted molar refractivity (Wildman–Crippen MR) is 50.0 cm³/mol. The molecule has 0 aliphatic carbocycles. The van der Waals surface area contributed by atoms with Crippen LogP contribution in [0, 0.1) is 0 Å². The highest BCUT2D eigenvalue weighted by atomic mass is 16.5. The van der Waals surface area contributed by atoms with Crippen LogP contribution in [-0.2, 0) is 13.0 Å². The Balaban J connectivity index is 3.18. The molecule has 0 saturated carbocycles. The fraction of sp³-hybridized carbons (Fsp3) is 0.400. The molecule has 3 nitrogen and oxygen atoms in total. The lowest BCUT2D eigenvalue weighted by atomic mass is 10.1. The van der Waals surface area contributed by atoms with Crippen LogP contribution in [0.1, 0.15) is 18.1 Å². The van der Waals surface area contributed by atoms with Crippen LogP contribution < -0.4 is 4.74 Å². The van der Waals surface area contributed by atoms with E-state index in [1.54, 1.807) is 13.2 Å². The van der Waals surface area contributed by atoms with E-state index in [4.69, 9.17) is 9.84 Å². The van der Waals surface area contributed by atoms with Crippen LogP contribution >= 0.6 is 0 Å². The number of benzene rings is 1. The largest absolute Gasteiger partial charge is 0.507 e. The summed E-state index contributed by atoms with van der Waals surface area (Å²) in [5, 5.41) is 18.3. The lowest BCUT2D eigenvalue weighted by molar-refractivity contribution is 0.275. The number of rotatable bonds is 3. The molecule has 0 radical (unpaired) electrons. The number of ether oxygens (including phenoxy) is 1. The molecule has 1 rings (SSSR count). The van der Waals surface area contributed by atoms with Gasteiger partial charge in [-0.3, -0.25) is 0 Å². The number of hydrogen-bond donors (Lipinski definition) is 2. The summed E-state index contributed by atoms with van der Waals surface area (Å²) in [5.41, 5.74) is 1.53. The van der Waals surface area contributed by atoms with Gasteiger partial charge >= 0.3 is 0 Å². The van der Waals surface area contributed by atoms with Crippen molar-refractivity contribution in [2.45, 2.75) is 20.0 Å². The molecule has 0 amide bonds. The molecule has 0 aliphatic rings. The lowest BCUT2D eigenvalue weighted by Gasteiger charge is -2.09. The van der Waals surface area contributed by atoms with Gasteiger partial charge in [0.2, 0.25) is 0 Å². The van der Waals surface area contributed by atoms with E-state index >= 15 is 0 Å². The first kappa shape index (κ1) is 9.86. The van der Waals surface area contributed by atoms with Crippen molar-refractivity contribution in [3.63, 3.8) is 0 Å². The van der Waals surface area contributed by atoms with Crippen LogP contribution in [-0.4, -0.2) is 17.3 Å². The summed E-state index contributed by atoms with van der Waals surface area (Å²) in [6.07, 6.45) is 0.816.